The van der Waals surface area contributed by atoms with Crippen molar-refractivity contribution in [2.45, 2.75) is 0 Å². The molecule has 0 aliphatic heterocycles. The lowest BCUT2D eigenvalue weighted by Gasteiger charge is -2.09. The van der Waals surface area contributed by atoms with Crippen LogP contribution >= 0.6 is 0 Å². The highest BCUT2D eigenvalue weighted by molar-refractivity contribution is 6.26. The molecule has 0 N–H and O–H groups in total. The Kier molecular flexibility index (Phi) is 3.91. The van der Waals surface area contributed by atoms with Gasteiger partial charge in [-0.2, -0.15) is 0 Å². The highest BCUT2D eigenvalue weighted by Crippen LogP contribution is 2.41. The summed E-state index contributed by atoms with van der Waals surface area (Å²) in [4.78, 5) is 0. The van der Waals surface area contributed by atoms with Gasteiger partial charge >= 0.3 is 0 Å². The van der Waals surface area contributed by atoms with Gasteiger partial charge in [0.1, 0.15) is 11.2 Å². The number of benzene rings is 6. The molecule has 1 heteroatoms. The van der Waals surface area contributed by atoms with Crippen molar-refractivity contribution in [3.05, 3.63) is 121 Å². The number of fused-ring (bicyclic) bond motifs is 1. The second-order valence-corrected chi connectivity index (χ2v) is 8.51. The Morgan fingerprint density at radius 1 is 0.333 bits per heavy atom. The molecule has 0 radical (unpaired) electrons. The van der Waals surface area contributed by atoms with E-state index in [4.69, 9.17) is 4.42 Å². The third-order valence-corrected chi connectivity index (χ3v) is 6.68. The van der Waals surface area contributed by atoms with E-state index in [0.29, 0.717) is 0 Å². The highest BCUT2D eigenvalue weighted by Gasteiger charge is 2.15. The summed E-state index contributed by atoms with van der Waals surface area (Å²) < 4.78 is 6.63. The first-order chi connectivity index (χ1) is 16.4. The first-order valence-corrected chi connectivity index (χ1v) is 11.3. The van der Waals surface area contributed by atoms with Crippen LogP contribution in [-0.4, -0.2) is 0 Å². The molecule has 1 nitrogen and oxygen atoms in total. The van der Waals surface area contributed by atoms with E-state index in [9.17, 15) is 0 Å². The second-order valence-electron chi connectivity index (χ2n) is 8.51. The lowest BCUT2D eigenvalue weighted by molar-refractivity contribution is 0.664. The van der Waals surface area contributed by atoms with E-state index in [2.05, 4.69) is 121 Å². The fourth-order valence-corrected chi connectivity index (χ4v) is 5.23. The summed E-state index contributed by atoms with van der Waals surface area (Å²) in [5.74, 6) is 0. The van der Waals surface area contributed by atoms with E-state index in [0.717, 1.165) is 11.2 Å². The first-order valence-electron chi connectivity index (χ1n) is 11.3. The zero-order valence-corrected chi connectivity index (χ0v) is 18.0. The van der Waals surface area contributed by atoms with Crippen molar-refractivity contribution in [2.24, 2.45) is 0 Å². The normalized spacial score (nSPS) is 11.6. The third-order valence-electron chi connectivity index (χ3n) is 6.68. The predicted octanol–water partition coefficient (Wildman–Crippen LogP) is 9.23. The van der Waals surface area contributed by atoms with Crippen molar-refractivity contribution < 1.29 is 4.42 Å². The van der Waals surface area contributed by atoms with Gasteiger partial charge in [-0.25, -0.2) is 0 Å². The van der Waals surface area contributed by atoms with Gasteiger partial charge in [0, 0.05) is 10.8 Å². The number of rotatable bonds is 2. The van der Waals surface area contributed by atoms with Gasteiger partial charge in [0.05, 0.1) is 0 Å². The van der Waals surface area contributed by atoms with Gasteiger partial charge in [-0.3, -0.25) is 0 Å². The average Bonchev–Trinajstić information content (AvgIpc) is 3.03. The summed E-state index contributed by atoms with van der Waals surface area (Å²) in [6.07, 6.45) is 0. The zero-order chi connectivity index (χ0) is 21.8. The van der Waals surface area contributed by atoms with Crippen molar-refractivity contribution in [1.82, 2.24) is 0 Å². The van der Waals surface area contributed by atoms with Gasteiger partial charge in [0.25, 0.3) is 0 Å². The maximum atomic E-state index is 6.63. The van der Waals surface area contributed by atoms with Crippen molar-refractivity contribution in [1.29, 1.82) is 0 Å². The van der Waals surface area contributed by atoms with Crippen LogP contribution in [0.5, 0.6) is 0 Å². The molecule has 7 rings (SSSR count). The maximum Gasteiger partial charge on any atom is 0.135 e. The molecule has 0 bridgehead atoms. The number of hydrogen-bond donors (Lipinski definition) is 0. The Bertz CT molecular complexity index is 1660. The topological polar surface area (TPSA) is 13.1 Å². The van der Waals surface area contributed by atoms with Crippen molar-refractivity contribution in [3.8, 4) is 22.3 Å². The van der Waals surface area contributed by atoms with E-state index in [-0.39, 0.29) is 0 Å². The molecule has 0 aliphatic carbocycles. The fraction of sp³-hybridized carbons (Fsp3) is 0. The summed E-state index contributed by atoms with van der Waals surface area (Å²) >= 11 is 0. The van der Waals surface area contributed by atoms with Crippen LogP contribution in [0, 0.1) is 0 Å². The smallest absolute Gasteiger partial charge is 0.135 e. The summed E-state index contributed by atoms with van der Waals surface area (Å²) in [5.41, 5.74) is 6.70. The monoisotopic (exact) mass is 420 g/mol. The molecule has 0 saturated carbocycles. The standard InChI is InChI=1S/C32H20O/c1-3-9-21(10-4-1)23-17-19-29-31-25(23)13-7-15-27(31)28-16-8-14-26-24(22-11-5-2-6-12-22)18-20-30(33-29)32(26)28/h1-20H. The SMILES string of the molecule is c1ccc(-c2ccc3oc4ccc(-c5ccccc5)c5cccc(c6cccc2c36)c45)cc1. The molecule has 154 valence electrons. The average molecular weight is 421 g/mol. The van der Waals surface area contributed by atoms with Crippen LogP contribution in [0.2, 0.25) is 0 Å². The molecule has 0 amide bonds. The van der Waals surface area contributed by atoms with Crippen LogP contribution in [0.3, 0.4) is 0 Å². The minimum atomic E-state index is 0.908. The second kappa shape index (κ2) is 7.08. The van der Waals surface area contributed by atoms with Gasteiger partial charge in [-0.1, -0.05) is 109 Å². The summed E-state index contributed by atoms with van der Waals surface area (Å²) in [6, 6.07) is 43.0. The quantitative estimate of drug-likeness (QED) is 0.272. The Morgan fingerprint density at radius 2 is 0.758 bits per heavy atom. The molecule has 33 heavy (non-hydrogen) atoms. The Labute approximate surface area is 191 Å². The summed E-state index contributed by atoms with van der Waals surface area (Å²) in [7, 11) is 0. The van der Waals surface area contributed by atoms with E-state index in [1.165, 1.54) is 54.6 Å². The van der Waals surface area contributed by atoms with Crippen LogP contribution in [0.1, 0.15) is 0 Å². The minimum absolute atomic E-state index is 0.908. The highest BCUT2D eigenvalue weighted by atomic mass is 16.3. The third kappa shape index (κ3) is 2.73. The number of hydrogen-bond acceptors (Lipinski definition) is 1. The maximum absolute atomic E-state index is 6.63. The van der Waals surface area contributed by atoms with Crippen LogP contribution < -0.4 is 0 Å². The molecule has 1 heterocycles. The molecule has 0 aliphatic rings. The van der Waals surface area contributed by atoms with Crippen LogP contribution in [-0.2, 0) is 0 Å². The zero-order valence-electron chi connectivity index (χ0n) is 18.0. The molecule has 0 spiro atoms. The van der Waals surface area contributed by atoms with E-state index in [1.54, 1.807) is 0 Å². The van der Waals surface area contributed by atoms with E-state index >= 15 is 0 Å². The Morgan fingerprint density at radius 3 is 1.21 bits per heavy atom. The van der Waals surface area contributed by atoms with Gasteiger partial charge in [0.15, 0.2) is 0 Å². The molecule has 0 fully saturated rings. The molecular formula is C32H20O. The van der Waals surface area contributed by atoms with Crippen molar-refractivity contribution in [3.63, 3.8) is 0 Å². The van der Waals surface area contributed by atoms with E-state index < -0.39 is 0 Å². The Hall–Kier alpha value is -4.36. The lowest BCUT2D eigenvalue weighted by atomic mass is 9.93. The largest absolute Gasteiger partial charge is 0.456 e. The van der Waals surface area contributed by atoms with Crippen LogP contribution in [0.4, 0.5) is 0 Å². The van der Waals surface area contributed by atoms with Gasteiger partial charge in [-0.15, -0.1) is 0 Å². The van der Waals surface area contributed by atoms with Gasteiger partial charge in [0.2, 0.25) is 0 Å². The fourth-order valence-electron chi connectivity index (χ4n) is 5.23. The van der Waals surface area contributed by atoms with Crippen LogP contribution in [0.25, 0.3) is 65.7 Å². The molecule has 0 saturated heterocycles. The molecular weight excluding hydrogens is 400 g/mol. The molecule has 6 aromatic carbocycles. The summed E-state index contributed by atoms with van der Waals surface area (Å²) in [6.45, 7) is 0. The Balaban J connectivity index is 1.67. The van der Waals surface area contributed by atoms with Gasteiger partial charge < -0.3 is 4.42 Å². The summed E-state index contributed by atoms with van der Waals surface area (Å²) in [5, 5.41) is 7.20. The van der Waals surface area contributed by atoms with Crippen LogP contribution in [0.15, 0.2) is 126 Å². The predicted molar refractivity (Wildman–Crippen MR) is 140 cm³/mol. The molecule has 7 aromatic rings. The van der Waals surface area contributed by atoms with Gasteiger partial charge in [-0.05, 0) is 55.9 Å². The minimum Gasteiger partial charge on any atom is -0.456 e. The first kappa shape index (κ1) is 18.2. The van der Waals surface area contributed by atoms with E-state index in [1.807, 2.05) is 0 Å². The molecule has 0 unspecified atom stereocenters. The lowest BCUT2D eigenvalue weighted by Crippen LogP contribution is -1.84. The molecule has 1 aromatic heterocycles. The molecule has 0 atom stereocenters. The van der Waals surface area contributed by atoms with Crippen molar-refractivity contribution >= 4 is 43.5 Å². The van der Waals surface area contributed by atoms with Crippen molar-refractivity contribution in [2.75, 3.05) is 0 Å².